The van der Waals surface area contributed by atoms with Gasteiger partial charge in [0.2, 0.25) is 0 Å². The van der Waals surface area contributed by atoms with E-state index in [-0.39, 0.29) is 11.7 Å². The lowest BCUT2D eigenvalue weighted by molar-refractivity contribution is 0.0950. The second-order valence-corrected chi connectivity index (χ2v) is 6.15. The normalized spacial score (nSPS) is 10.9. The minimum atomic E-state index is -0.379. The Labute approximate surface area is 144 Å². The number of hydrogen-bond acceptors (Lipinski definition) is 4. The maximum absolute atomic E-state index is 11.9. The van der Waals surface area contributed by atoms with Gasteiger partial charge in [0.1, 0.15) is 11.4 Å². The number of benzene rings is 1. The van der Waals surface area contributed by atoms with E-state index < -0.39 is 0 Å². The summed E-state index contributed by atoms with van der Waals surface area (Å²) in [7, 11) is 0. The number of nitrogens with zero attached hydrogens (tertiary/aromatic N) is 2. The molecular weight excluding hydrogens is 414 g/mol. The van der Waals surface area contributed by atoms with Crippen LogP contribution in [0.15, 0.2) is 44.5 Å². The smallest absolute Gasteiger partial charge is 0.289 e. The van der Waals surface area contributed by atoms with Crippen molar-refractivity contribution >= 4 is 44.0 Å². The number of hydrazone groups is 1. The molecule has 7 heteroatoms. The molecule has 2 aromatic rings. The molecule has 2 N–H and O–H groups in total. The standard InChI is InChI=1S/C15H13Br2N3O2/c1-2-9-3-4-13(18-7-9)15(22)20-19-8-10-5-11(16)14(21)12(17)6-10/h3-8,21H,2H2,1H3,(H,20,22)/b19-8-. The third-order valence-electron chi connectivity index (χ3n) is 2.88. The van der Waals surface area contributed by atoms with E-state index in [1.807, 2.05) is 13.0 Å². The first kappa shape index (κ1) is 16.6. The Balaban J connectivity index is 2.03. The highest BCUT2D eigenvalue weighted by Crippen LogP contribution is 2.32. The summed E-state index contributed by atoms with van der Waals surface area (Å²) < 4.78 is 1.07. The van der Waals surface area contributed by atoms with Gasteiger partial charge in [-0.25, -0.2) is 5.43 Å². The summed E-state index contributed by atoms with van der Waals surface area (Å²) in [6.07, 6.45) is 4.03. The molecule has 0 aliphatic carbocycles. The molecule has 2 rings (SSSR count). The maximum Gasteiger partial charge on any atom is 0.289 e. The zero-order valence-corrected chi connectivity index (χ0v) is 14.8. The van der Waals surface area contributed by atoms with Crippen LogP contribution in [-0.4, -0.2) is 22.2 Å². The van der Waals surface area contributed by atoms with E-state index in [9.17, 15) is 9.90 Å². The number of halogens is 2. The molecule has 1 heterocycles. The third kappa shape index (κ3) is 4.14. The van der Waals surface area contributed by atoms with Crippen LogP contribution in [0.4, 0.5) is 0 Å². The predicted molar refractivity (Wildman–Crippen MR) is 92.2 cm³/mol. The fourth-order valence-electron chi connectivity index (χ4n) is 1.65. The van der Waals surface area contributed by atoms with Crippen molar-refractivity contribution in [3.05, 3.63) is 56.2 Å². The number of phenolic OH excluding ortho intramolecular Hbond substituents is 1. The fraction of sp³-hybridized carbons (Fsp3) is 0.133. The van der Waals surface area contributed by atoms with E-state index in [1.54, 1.807) is 24.4 Å². The molecular formula is C15H13Br2N3O2. The first-order valence-electron chi connectivity index (χ1n) is 6.47. The van der Waals surface area contributed by atoms with Crippen LogP contribution in [0.5, 0.6) is 5.75 Å². The van der Waals surface area contributed by atoms with Gasteiger partial charge >= 0.3 is 0 Å². The summed E-state index contributed by atoms with van der Waals surface area (Å²) >= 11 is 6.46. The second kappa shape index (κ2) is 7.51. The van der Waals surface area contributed by atoms with Crippen molar-refractivity contribution in [2.75, 3.05) is 0 Å². The average molecular weight is 427 g/mol. The molecule has 0 saturated heterocycles. The summed E-state index contributed by atoms with van der Waals surface area (Å²) in [4.78, 5) is 16.0. The SMILES string of the molecule is CCc1ccc(C(=O)N/N=C\c2cc(Br)c(O)c(Br)c2)nc1. The van der Waals surface area contributed by atoms with E-state index in [1.165, 1.54) is 6.21 Å². The monoisotopic (exact) mass is 425 g/mol. The highest BCUT2D eigenvalue weighted by Gasteiger charge is 2.06. The van der Waals surface area contributed by atoms with Crippen molar-refractivity contribution in [2.45, 2.75) is 13.3 Å². The molecule has 0 unspecified atom stereocenters. The van der Waals surface area contributed by atoms with Crippen molar-refractivity contribution in [3.8, 4) is 5.75 Å². The van der Waals surface area contributed by atoms with Crippen LogP contribution in [0.3, 0.4) is 0 Å². The Bertz CT molecular complexity index is 692. The largest absolute Gasteiger partial charge is 0.506 e. The van der Waals surface area contributed by atoms with Crippen LogP contribution in [0.2, 0.25) is 0 Å². The lowest BCUT2D eigenvalue weighted by Gasteiger charge is -2.02. The highest BCUT2D eigenvalue weighted by molar-refractivity contribution is 9.11. The molecule has 0 radical (unpaired) electrons. The number of phenols is 1. The molecule has 0 bridgehead atoms. The minimum Gasteiger partial charge on any atom is -0.506 e. The molecule has 114 valence electrons. The van der Waals surface area contributed by atoms with Crippen LogP contribution in [0.1, 0.15) is 28.5 Å². The molecule has 1 amide bonds. The van der Waals surface area contributed by atoms with Gasteiger partial charge in [-0.2, -0.15) is 5.10 Å². The van der Waals surface area contributed by atoms with Gasteiger partial charge in [0, 0.05) is 6.20 Å². The van der Waals surface area contributed by atoms with Gasteiger partial charge in [-0.05, 0) is 67.6 Å². The van der Waals surface area contributed by atoms with Gasteiger partial charge in [0.15, 0.2) is 0 Å². The Morgan fingerprint density at radius 1 is 1.36 bits per heavy atom. The lowest BCUT2D eigenvalue weighted by Crippen LogP contribution is -2.18. The molecule has 0 spiro atoms. The van der Waals surface area contributed by atoms with E-state index >= 15 is 0 Å². The maximum atomic E-state index is 11.9. The molecule has 0 atom stereocenters. The molecule has 22 heavy (non-hydrogen) atoms. The zero-order valence-electron chi connectivity index (χ0n) is 11.7. The molecule has 5 nitrogen and oxygen atoms in total. The van der Waals surface area contributed by atoms with Gasteiger partial charge in [-0.1, -0.05) is 13.0 Å². The Morgan fingerprint density at radius 3 is 2.59 bits per heavy atom. The van der Waals surface area contributed by atoms with E-state index in [2.05, 4.69) is 47.4 Å². The zero-order chi connectivity index (χ0) is 16.1. The van der Waals surface area contributed by atoms with Gasteiger partial charge in [0.05, 0.1) is 15.2 Å². The van der Waals surface area contributed by atoms with Crippen molar-refractivity contribution in [2.24, 2.45) is 5.10 Å². The predicted octanol–water partition coefficient (Wildman–Crippen LogP) is 3.64. The van der Waals surface area contributed by atoms with E-state index in [0.717, 1.165) is 12.0 Å². The highest BCUT2D eigenvalue weighted by atomic mass is 79.9. The molecule has 0 aliphatic heterocycles. The number of hydrogen-bond donors (Lipinski definition) is 2. The van der Waals surface area contributed by atoms with Crippen LogP contribution < -0.4 is 5.43 Å². The summed E-state index contributed by atoms with van der Waals surface area (Å²) in [5, 5.41) is 13.5. The number of carbonyl (C=O) groups excluding carboxylic acids is 1. The number of aromatic nitrogens is 1. The summed E-state index contributed by atoms with van der Waals surface area (Å²) in [6, 6.07) is 6.89. The topological polar surface area (TPSA) is 74.6 Å². The Kier molecular flexibility index (Phi) is 5.68. The summed E-state index contributed by atoms with van der Waals surface area (Å²) in [6.45, 7) is 2.02. The number of rotatable bonds is 4. The Morgan fingerprint density at radius 2 is 2.05 bits per heavy atom. The lowest BCUT2D eigenvalue weighted by atomic mass is 10.2. The third-order valence-corrected chi connectivity index (χ3v) is 4.09. The fourth-order valence-corrected chi connectivity index (χ4v) is 2.87. The first-order chi connectivity index (χ1) is 10.5. The van der Waals surface area contributed by atoms with E-state index in [4.69, 9.17) is 0 Å². The molecule has 0 aliphatic rings. The molecule has 1 aromatic carbocycles. The Hall–Kier alpha value is -1.73. The number of carbonyl (C=O) groups is 1. The van der Waals surface area contributed by atoms with Crippen LogP contribution in [0, 0.1) is 0 Å². The van der Waals surface area contributed by atoms with Crippen LogP contribution >= 0.6 is 31.9 Å². The average Bonchev–Trinajstić information content (AvgIpc) is 2.52. The molecule has 0 saturated carbocycles. The van der Waals surface area contributed by atoms with Crippen molar-refractivity contribution in [3.63, 3.8) is 0 Å². The number of aryl methyl sites for hydroxylation is 1. The minimum absolute atomic E-state index is 0.112. The second-order valence-electron chi connectivity index (χ2n) is 4.44. The van der Waals surface area contributed by atoms with Crippen molar-refractivity contribution in [1.82, 2.24) is 10.4 Å². The summed E-state index contributed by atoms with van der Waals surface area (Å²) in [5.41, 5.74) is 4.50. The number of amides is 1. The van der Waals surface area contributed by atoms with Crippen molar-refractivity contribution < 1.29 is 9.90 Å². The van der Waals surface area contributed by atoms with Gasteiger partial charge in [-0.15, -0.1) is 0 Å². The van der Waals surface area contributed by atoms with Crippen LogP contribution in [0.25, 0.3) is 0 Å². The summed E-state index contributed by atoms with van der Waals surface area (Å²) in [5.74, 6) is -0.266. The van der Waals surface area contributed by atoms with Gasteiger partial charge < -0.3 is 5.11 Å². The van der Waals surface area contributed by atoms with E-state index in [0.29, 0.717) is 20.2 Å². The van der Waals surface area contributed by atoms with Crippen molar-refractivity contribution in [1.29, 1.82) is 0 Å². The molecule has 0 fully saturated rings. The first-order valence-corrected chi connectivity index (χ1v) is 8.06. The molecule has 1 aromatic heterocycles. The number of aromatic hydroxyl groups is 1. The number of nitrogens with one attached hydrogen (secondary N) is 1. The van der Waals surface area contributed by atoms with Gasteiger partial charge in [-0.3, -0.25) is 9.78 Å². The quantitative estimate of drug-likeness (QED) is 0.578. The van der Waals surface area contributed by atoms with Crippen LogP contribution in [-0.2, 0) is 6.42 Å². The van der Waals surface area contributed by atoms with Gasteiger partial charge in [0.25, 0.3) is 5.91 Å². The number of pyridine rings is 1.